The van der Waals surface area contributed by atoms with Crippen LogP contribution in [0.15, 0.2) is 84.9 Å². The van der Waals surface area contributed by atoms with Gasteiger partial charge in [0.1, 0.15) is 5.75 Å². The van der Waals surface area contributed by atoms with Crippen molar-refractivity contribution in [3.63, 3.8) is 0 Å². The van der Waals surface area contributed by atoms with Gasteiger partial charge in [0.2, 0.25) is 0 Å². The zero-order valence-electron chi connectivity index (χ0n) is 15.6. The number of carbonyl (C=O) groups is 1. The van der Waals surface area contributed by atoms with Crippen molar-refractivity contribution >= 4 is 5.91 Å². The molecule has 1 amide bonds. The van der Waals surface area contributed by atoms with Crippen LogP contribution in [0, 0.1) is 11.3 Å². The lowest BCUT2D eigenvalue weighted by Gasteiger charge is -2.23. The summed E-state index contributed by atoms with van der Waals surface area (Å²) in [5, 5.41) is 8.86. The number of hydrogen-bond acceptors (Lipinski definition) is 3. The molecule has 140 valence electrons. The fourth-order valence-corrected chi connectivity index (χ4v) is 2.87. The lowest BCUT2D eigenvalue weighted by Crippen LogP contribution is -2.36. The zero-order valence-corrected chi connectivity index (χ0v) is 15.6. The quantitative estimate of drug-likeness (QED) is 0.597. The molecule has 0 aliphatic carbocycles. The van der Waals surface area contributed by atoms with Crippen LogP contribution in [0.4, 0.5) is 0 Å². The molecular weight excluding hydrogens is 348 g/mol. The van der Waals surface area contributed by atoms with E-state index in [1.807, 2.05) is 53.4 Å². The normalized spacial score (nSPS) is 10.1. The summed E-state index contributed by atoms with van der Waals surface area (Å²) in [6.07, 6.45) is 0.788. The maximum absolute atomic E-state index is 12.8. The van der Waals surface area contributed by atoms with Crippen molar-refractivity contribution in [1.82, 2.24) is 4.90 Å². The average molecular weight is 370 g/mol. The van der Waals surface area contributed by atoms with Gasteiger partial charge in [0.15, 0.2) is 6.61 Å². The van der Waals surface area contributed by atoms with E-state index in [0.29, 0.717) is 24.4 Å². The molecule has 4 nitrogen and oxygen atoms in total. The van der Waals surface area contributed by atoms with Crippen LogP contribution in [0.25, 0.3) is 0 Å². The Labute approximate surface area is 165 Å². The summed E-state index contributed by atoms with van der Waals surface area (Å²) in [6, 6.07) is 28.9. The first kappa shape index (κ1) is 19.2. The highest BCUT2D eigenvalue weighted by Crippen LogP contribution is 2.13. The Morgan fingerprint density at radius 2 is 1.46 bits per heavy atom. The van der Waals surface area contributed by atoms with Crippen LogP contribution in [0.5, 0.6) is 5.75 Å². The highest BCUT2D eigenvalue weighted by atomic mass is 16.5. The summed E-state index contributed by atoms with van der Waals surface area (Å²) in [5.74, 6) is 0.513. The van der Waals surface area contributed by atoms with Gasteiger partial charge in [0.25, 0.3) is 5.91 Å². The molecule has 4 heteroatoms. The maximum Gasteiger partial charge on any atom is 0.260 e. The van der Waals surface area contributed by atoms with Crippen LogP contribution in [0.3, 0.4) is 0 Å². The van der Waals surface area contributed by atoms with E-state index in [1.54, 1.807) is 24.3 Å². The molecule has 0 spiro atoms. The summed E-state index contributed by atoms with van der Waals surface area (Å²) >= 11 is 0. The second kappa shape index (κ2) is 9.94. The number of amides is 1. The zero-order chi connectivity index (χ0) is 19.6. The Hall–Kier alpha value is -3.58. The smallest absolute Gasteiger partial charge is 0.260 e. The molecule has 0 aromatic heterocycles. The first-order valence-electron chi connectivity index (χ1n) is 9.23. The van der Waals surface area contributed by atoms with Gasteiger partial charge < -0.3 is 9.64 Å². The van der Waals surface area contributed by atoms with Crippen LogP contribution in [-0.2, 0) is 17.8 Å². The molecule has 28 heavy (non-hydrogen) atoms. The Morgan fingerprint density at radius 1 is 0.857 bits per heavy atom. The van der Waals surface area contributed by atoms with Crippen LogP contribution in [0.2, 0.25) is 0 Å². The van der Waals surface area contributed by atoms with Gasteiger partial charge in [-0.15, -0.1) is 0 Å². The Balaban J connectivity index is 1.63. The molecule has 0 aliphatic heterocycles. The number of rotatable bonds is 8. The van der Waals surface area contributed by atoms with E-state index in [1.165, 1.54) is 5.56 Å². The second-order valence-corrected chi connectivity index (χ2v) is 6.46. The van der Waals surface area contributed by atoms with Crippen molar-refractivity contribution in [2.24, 2.45) is 0 Å². The number of hydrogen-bond donors (Lipinski definition) is 0. The summed E-state index contributed by atoms with van der Waals surface area (Å²) in [7, 11) is 0. The van der Waals surface area contributed by atoms with E-state index >= 15 is 0 Å². The van der Waals surface area contributed by atoms with Gasteiger partial charge >= 0.3 is 0 Å². The number of benzene rings is 3. The average Bonchev–Trinajstić information content (AvgIpc) is 2.76. The third-order valence-electron chi connectivity index (χ3n) is 4.43. The molecule has 0 radical (unpaired) electrons. The summed E-state index contributed by atoms with van der Waals surface area (Å²) in [4.78, 5) is 14.6. The molecule has 0 aliphatic rings. The van der Waals surface area contributed by atoms with Crippen LogP contribution < -0.4 is 4.74 Å². The SMILES string of the molecule is N#Cc1ccc(OCC(=O)N(CCc2ccccc2)Cc2ccccc2)cc1. The predicted octanol–water partition coefficient (Wildman–Crippen LogP) is 4.21. The Bertz CT molecular complexity index is 916. The molecule has 3 rings (SSSR count). The van der Waals surface area contributed by atoms with Gasteiger partial charge in [-0.3, -0.25) is 4.79 Å². The third-order valence-corrected chi connectivity index (χ3v) is 4.43. The fourth-order valence-electron chi connectivity index (χ4n) is 2.87. The fraction of sp³-hybridized carbons (Fsp3) is 0.167. The summed E-state index contributed by atoms with van der Waals surface area (Å²) in [6.45, 7) is 1.13. The molecular formula is C24H22N2O2. The molecule has 0 fully saturated rings. The van der Waals surface area contributed by atoms with Crippen molar-refractivity contribution < 1.29 is 9.53 Å². The minimum Gasteiger partial charge on any atom is -0.484 e. The van der Waals surface area contributed by atoms with E-state index in [4.69, 9.17) is 10.00 Å². The topological polar surface area (TPSA) is 53.3 Å². The van der Waals surface area contributed by atoms with Crippen molar-refractivity contribution in [3.05, 3.63) is 102 Å². The molecule has 0 unspecified atom stereocenters. The molecule has 3 aromatic rings. The van der Waals surface area contributed by atoms with E-state index in [9.17, 15) is 4.79 Å². The Kier molecular flexibility index (Phi) is 6.81. The Morgan fingerprint density at radius 3 is 2.07 bits per heavy atom. The lowest BCUT2D eigenvalue weighted by molar-refractivity contribution is -0.134. The maximum atomic E-state index is 12.8. The summed E-state index contributed by atoms with van der Waals surface area (Å²) < 4.78 is 5.64. The summed E-state index contributed by atoms with van der Waals surface area (Å²) in [5.41, 5.74) is 2.84. The molecule has 0 saturated heterocycles. The highest BCUT2D eigenvalue weighted by molar-refractivity contribution is 5.77. The molecule has 0 bridgehead atoms. The minimum absolute atomic E-state index is 0.0342. The van der Waals surface area contributed by atoms with Crippen LogP contribution in [0.1, 0.15) is 16.7 Å². The number of ether oxygens (including phenoxy) is 1. The number of nitrogens with zero attached hydrogens (tertiary/aromatic N) is 2. The van der Waals surface area contributed by atoms with Crippen molar-refractivity contribution in [3.8, 4) is 11.8 Å². The third kappa shape index (κ3) is 5.72. The monoisotopic (exact) mass is 370 g/mol. The molecule has 3 aromatic carbocycles. The highest BCUT2D eigenvalue weighted by Gasteiger charge is 2.15. The van der Waals surface area contributed by atoms with Gasteiger partial charge in [-0.05, 0) is 41.8 Å². The van der Waals surface area contributed by atoms with Crippen molar-refractivity contribution in [2.45, 2.75) is 13.0 Å². The van der Waals surface area contributed by atoms with Gasteiger partial charge in [0, 0.05) is 13.1 Å². The van der Waals surface area contributed by atoms with Crippen molar-refractivity contribution in [1.29, 1.82) is 5.26 Å². The van der Waals surface area contributed by atoms with Crippen molar-refractivity contribution in [2.75, 3.05) is 13.2 Å². The van der Waals surface area contributed by atoms with Gasteiger partial charge in [-0.1, -0.05) is 60.7 Å². The second-order valence-electron chi connectivity index (χ2n) is 6.46. The van der Waals surface area contributed by atoms with E-state index in [0.717, 1.165) is 12.0 Å². The first-order chi connectivity index (χ1) is 13.7. The predicted molar refractivity (Wildman–Crippen MR) is 109 cm³/mol. The number of nitriles is 1. The van der Waals surface area contributed by atoms with Gasteiger partial charge in [-0.2, -0.15) is 5.26 Å². The van der Waals surface area contributed by atoms with Crippen LogP contribution >= 0.6 is 0 Å². The molecule has 0 saturated carbocycles. The molecule has 0 N–H and O–H groups in total. The minimum atomic E-state index is -0.0656. The van der Waals surface area contributed by atoms with E-state index < -0.39 is 0 Å². The number of carbonyl (C=O) groups excluding carboxylic acids is 1. The molecule has 0 atom stereocenters. The molecule has 0 heterocycles. The van der Waals surface area contributed by atoms with E-state index in [2.05, 4.69) is 18.2 Å². The van der Waals surface area contributed by atoms with E-state index in [-0.39, 0.29) is 12.5 Å². The largest absolute Gasteiger partial charge is 0.484 e. The van der Waals surface area contributed by atoms with Crippen LogP contribution in [-0.4, -0.2) is 24.0 Å². The standard InChI is InChI=1S/C24H22N2O2/c25-17-21-11-13-23(14-12-21)28-19-24(27)26(18-22-9-5-2-6-10-22)16-15-20-7-3-1-4-8-20/h1-14H,15-16,18-19H2. The van der Waals surface area contributed by atoms with Gasteiger partial charge in [0.05, 0.1) is 11.6 Å². The lowest BCUT2D eigenvalue weighted by atomic mass is 10.1. The first-order valence-corrected chi connectivity index (χ1v) is 9.23. The van der Waals surface area contributed by atoms with Gasteiger partial charge in [-0.25, -0.2) is 0 Å².